The molecule has 0 aliphatic heterocycles. The first-order chi connectivity index (χ1) is 21.3. The van der Waals surface area contributed by atoms with Crippen molar-refractivity contribution in [1.29, 1.82) is 0 Å². The van der Waals surface area contributed by atoms with Gasteiger partial charge in [-0.1, -0.05) is 37.8 Å². The van der Waals surface area contributed by atoms with E-state index in [1.807, 2.05) is 67.3 Å². The molecule has 0 saturated carbocycles. The molecule has 0 aliphatic carbocycles. The summed E-state index contributed by atoms with van der Waals surface area (Å²) in [6.45, 7) is 6.99. The van der Waals surface area contributed by atoms with E-state index in [1.165, 1.54) is 28.4 Å². The van der Waals surface area contributed by atoms with Crippen LogP contribution >= 0.6 is 22.0 Å². The normalized spacial score (nSPS) is 15.2. The fourth-order valence-corrected chi connectivity index (χ4v) is 8.53. The molecule has 0 radical (unpaired) electrons. The van der Waals surface area contributed by atoms with Crippen molar-refractivity contribution in [3.63, 3.8) is 0 Å². The van der Waals surface area contributed by atoms with Gasteiger partial charge in [-0.25, -0.2) is 0 Å². The van der Waals surface area contributed by atoms with E-state index >= 15 is 0 Å². The molecule has 45 heavy (non-hydrogen) atoms. The van der Waals surface area contributed by atoms with Gasteiger partial charge in [0.1, 0.15) is 29.4 Å². The Kier molecular flexibility index (Phi) is 16.4. The van der Waals surface area contributed by atoms with Gasteiger partial charge in [-0.05, 0) is 80.6 Å². The Morgan fingerprint density at radius 2 is 1.42 bits per heavy atom. The summed E-state index contributed by atoms with van der Waals surface area (Å²) in [5.74, 6) is 1.54. The van der Waals surface area contributed by atoms with Crippen LogP contribution in [0.2, 0.25) is 0 Å². The van der Waals surface area contributed by atoms with Gasteiger partial charge in [0.2, 0.25) is 0 Å². The first-order valence-electron chi connectivity index (χ1n) is 14.8. The molecular formula is C30H50N3O8P3S. The second kappa shape index (κ2) is 18.7. The number of ether oxygens (including phenoxy) is 2. The van der Waals surface area contributed by atoms with Crippen molar-refractivity contribution in [1.82, 2.24) is 9.68 Å². The summed E-state index contributed by atoms with van der Waals surface area (Å²) in [4.78, 5) is 1.71. The lowest BCUT2D eigenvalue weighted by molar-refractivity contribution is 0.171. The van der Waals surface area contributed by atoms with Gasteiger partial charge in [0.15, 0.2) is 0 Å². The molecule has 0 heterocycles. The third-order valence-corrected chi connectivity index (χ3v) is 15.3. The second-order valence-corrected chi connectivity index (χ2v) is 18.6. The predicted molar refractivity (Wildman–Crippen MR) is 187 cm³/mol. The molecule has 0 amide bonds. The van der Waals surface area contributed by atoms with E-state index in [-0.39, 0.29) is 18.7 Å². The zero-order valence-corrected chi connectivity index (χ0v) is 31.5. The zero-order chi connectivity index (χ0) is 33.7. The summed E-state index contributed by atoms with van der Waals surface area (Å²) in [5.41, 5.74) is 1.96. The van der Waals surface area contributed by atoms with Crippen LogP contribution in [0.4, 0.5) is 0 Å². The van der Waals surface area contributed by atoms with Crippen LogP contribution in [0.15, 0.2) is 53.6 Å². The van der Waals surface area contributed by atoms with Crippen molar-refractivity contribution in [3.8, 4) is 11.5 Å². The Morgan fingerprint density at radius 1 is 0.911 bits per heavy atom. The molecule has 0 N–H and O–H groups in total. The number of rotatable bonds is 21. The number of benzene rings is 2. The molecule has 2 aromatic rings. The average molecular weight is 706 g/mol. The van der Waals surface area contributed by atoms with Crippen molar-refractivity contribution in [2.75, 3.05) is 54.6 Å². The Bertz CT molecular complexity index is 1290. The molecule has 0 aliphatic rings. The van der Waals surface area contributed by atoms with E-state index in [4.69, 9.17) is 39.4 Å². The van der Waals surface area contributed by atoms with Crippen LogP contribution in [0.5, 0.6) is 11.5 Å². The number of hydrazone groups is 1. The minimum Gasteiger partial charge on any atom is -0.491 e. The zero-order valence-electron chi connectivity index (χ0n) is 27.9. The third-order valence-electron chi connectivity index (χ3n) is 7.44. The Hall–Kier alpha value is -1.58. The minimum atomic E-state index is -3.40. The third kappa shape index (κ3) is 12.5. The SMILES string of the molecule is CCC(C)Oc1ccc(/C=N/N(C)[PH](=S)[C@@](C)(CC)Oc2ccc(CCN(CP(=O)(OC)OC)CP(=O)(OC)OC)cc2)cc1. The van der Waals surface area contributed by atoms with E-state index in [9.17, 15) is 9.13 Å². The van der Waals surface area contributed by atoms with Crippen LogP contribution < -0.4 is 9.47 Å². The maximum atomic E-state index is 12.8. The molecule has 2 rings (SSSR count). The van der Waals surface area contributed by atoms with E-state index in [0.29, 0.717) is 25.1 Å². The lowest BCUT2D eigenvalue weighted by Gasteiger charge is -2.34. The predicted octanol–water partition coefficient (Wildman–Crippen LogP) is 7.66. The summed E-state index contributed by atoms with van der Waals surface area (Å²) >= 11 is 5.99. The number of hydrogen-bond acceptors (Lipinski definition) is 11. The molecule has 0 aromatic heterocycles. The van der Waals surface area contributed by atoms with Gasteiger partial charge in [0.25, 0.3) is 0 Å². The first kappa shape index (κ1) is 39.6. The van der Waals surface area contributed by atoms with Gasteiger partial charge in [0.05, 0.1) is 19.2 Å². The van der Waals surface area contributed by atoms with Crippen LogP contribution in [0, 0.1) is 0 Å². The summed E-state index contributed by atoms with van der Waals surface area (Å²) in [7, 11) is 0.367. The first-order valence-corrected chi connectivity index (χ1v) is 20.8. The fraction of sp³-hybridized carbons (Fsp3) is 0.567. The smallest absolute Gasteiger partial charge is 0.344 e. The highest BCUT2D eigenvalue weighted by molar-refractivity contribution is 8.04. The molecule has 0 saturated heterocycles. The van der Waals surface area contributed by atoms with E-state index in [0.717, 1.165) is 23.3 Å². The maximum Gasteiger partial charge on any atom is 0.344 e. The van der Waals surface area contributed by atoms with Gasteiger partial charge in [-0.2, -0.15) is 5.10 Å². The maximum absolute atomic E-state index is 12.8. The van der Waals surface area contributed by atoms with Crippen molar-refractivity contribution in [2.45, 2.75) is 58.4 Å². The fourth-order valence-electron chi connectivity index (χ4n) is 4.09. The molecule has 254 valence electrons. The molecule has 0 spiro atoms. The molecular weight excluding hydrogens is 655 g/mol. The van der Waals surface area contributed by atoms with Crippen molar-refractivity contribution < 1.29 is 36.7 Å². The van der Waals surface area contributed by atoms with Crippen LogP contribution in [-0.4, -0.2) is 81.9 Å². The molecule has 0 fully saturated rings. The highest BCUT2D eigenvalue weighted by atomic mass is 32.4. The van der Waals surface area contributed by atoms with Crippen LogP contribution in [0.1, 0.15) is 51.7 Å². The highest BCUT2D eigenvalue weighted by Gasteiger charge is 2.32. The molecule has 2 aromatic carbocycles. The summed E-state index contributed by atoms with van der Waals surface area (Å²) < 4.78 is 60.2. The summed E-state index contributed by atoms with van der Waals surface area (Å²) in [6.07, 6.45) is 4.07. The standard InChI is InChI=1S/C30H50N3O8P3S/c1-10-25(3)40-28-16-14-27(15-17-28)22-31-32(5)42(45)30(4,11-2)41-29-18-12-26(13-19-29)20-21-33(23-43(34,36-6)37-7)24-44(35,38-8)39-9/h12-19,22,25,42H,10-11,20-21,23-24H2,1-9H3/b31-22+/t25?,30-/m0/s1. The largest absolute Gasteiger partial charge is 0.491 e. The second-order valence-electron chi connectivity index (χ2n) is 10.7. The Balaban J connectivity index is 2.07. The van der Waals surface area contributed by atoms with Gasteiger partial charge in [0, 0.05) is 42.0 Å². The van der Waals surface area contributed by atoms with E-state index in [1.54, 1.807) is 11.1 Å². The molecule has 0 bridgehead atoms. The summed E-state index contributed by atoms with van der Waals surface area (Å²) in [5, 5.41) is 4.04. The molecule has 11 nitrogen and oxygen atoms in total. The van der Waals surface area contributed by atoms with Gasteiger partial charge in [-0.15, -0.1) is 0 Å². The Labute approximate surface area is 275 Å². The number of hydrogen-bond donors (Lipinski definition) is 0. The lowest BCUT2D eigenvalue weighted by Crippen LogP contribution is -2.30. The van der Waals surface area contributed by atoms with Gasteiger partial charge in [-0.3, -0.25) is 18.8 Å². The van der Waals surface area contributed by atoms with Crippen LogP contribution in [-0.2, 0) is 45.5 Å². The van der Waals surface area contributed by atoms with Gasteiger partial charge < -0.3 is 27.6 Å². The van der Waals surface area contributed by atoms with Crippen molar-refractivity contribution >= 4 is 40.1 Å². The topological polar surface area (TPSA) is 108 Å². The van der Waals surface area contributed by atoms with Gasteiger partial charge >= 0.3 is 15.2 Å². The monoisotopic (exact) mass is 705 g/mol. The minimum absolute atomic E-state index is 0.0651. The average Bonchev–Trinajstić information content (AvgIpc) is 3.06. The van der Waals surface area contributed by atoms with E-state index in [2.05, 4.69) is 25.9 Å². The highest BCUT2D eigenvalue weighted by Crippen LogP contribution is 2.51. The molecule has 2 unspecified atom stereocenters. The quantitative estimate of drug-likeness (QED) is 0.0726. The van der Waals surface area contributed by atoms with E-state index < -0.39 is 27.4 Å². The Morgan fingerprint density at radius 3 is 1.89 bits per heavy atom. The lowest BCUT2D eigenvalue weighted by atomic mass is 10.1. The van der Waals surface area contributed by atoms with Crippen molar-refractivity contribution in [2.24, 2.45) is 5.10 Å². The molecule has 3 atom stereocenters. The number of nitrogens with zero attached hydrogens (tertiary/aromatic N) is 3. The van der Waals surface area contributed by atoms with Crippen molar-refractivity contribution in [3.05, 3.63) is 59.7 Å². The van der Waals surface area contributed by atoms with Crippen LogP contribution in [0.3, 0.4) is 0 Å². The molecule has 15 heteroatoms. The summed E-state index contributed by atoms with van der Waals surface area (Å²) in [6, 6.07) is 15.6. The van der Waals surface area contributed by atoms with Crippen LogP contribution in [0.25, 0.3) is 0 Å².